The molecule has 2 aromatic carbocycles. The molecule has 0 bridgehead atoms. The summed E-state index contributed by atoms with van der Waals surface area (Å²) in [6, 6.07) is 11.7. The Morgan fingerprint density at radius 2 is 1.66 bits per heavy atom. The van der Waals surface area contributed by atoms with Crippen molar-refractivity contribution in [3.63, 3.8) is 0 Å². The van der Waals surface area contributed by atoms with Gasteiger partial charge in [-0.05, 0) is 76.1 Å². The predicted molar refractivity (Wildman–Crippen MR) is 153 cm³/mol. The normalized spacial score (nSPS) is 17.4. The van der Waals surface area contributed by atoms with Crippen LogP contribution in [0.5, 0.6) is 5.75 Å². The van der Waals surface area contributed by atoms with Gasteiger partial charge < -0.3 is 14.4 Å². The molecule has 2 atom stereocenters. The van der Waals surface area contributed by atoms with E-state index in [1.807, 2.05) is 56.5 Å². The molecule has 7 heteroatoms. The van der Waals surface area contributed by atoms with Crippen LogP contribution in [0.2, 0.25) is 0 Å². The lowest BCUT2D eigenvalue weighted by molar-refractivity contribution is -0.129. The fourth-order valence-corrected chi connectivity index (χ4v) is 5.22. The first-order valence-electron chi connectivity index (χ1n) is 13.4. The van der Waals surface area contributed by atoms with Crippen molar-refractivity contribution in [3.8, 4) is 5.75 Å². The Kier molecular flexibility index (Phi) is 10.0. The second-order valence-electron chi connectivity index (χ2n) is 10.7. The van der Waals surface area contributed by atoms with Crippen LogP contribution < -0.4 is 4.74 Å². The summed E-state index contributed by atoms with van der Waals surface area (Å²) in [5.41, 5.74) is 2.47. The molecule has 1 aliphatic rings. The number of benzene rings is 2. The zero-order chi connectivity index (χ0) is 28.0. The van der Waals surface area contributed by atoms with E-state index in [0.29, 0.717) is 31.0 Å². The van der Waals surface area contributed by atoms with Crippen molar-refractivity contribution >= 4 is 29.4 Å². The number of rotatable bonds is 11. The molecule has 0 aliphatic carbocycles. The molecule has 0 aromatic heterocycles. The number of nitrogens with zero attached hydrogens (tertiary/aromatic N) is 1. The van der Waals surface area contributed by atoms with Gasteiger partial charge in [0.25, 0.3) is 0 Å². The Bertz CT molecular complexity index is 1130. The minimum Gasteiger partial charge on any atom is -0.480 e. The van der Waals surface area contributed by atoms with Crippen molar-refractivity contribution in [2.45, 2.75) is 77.2 Å². The van der Waals surface area contributed by atoms with Crippen LogP contribution in [-0.4, -0.2) is 54.1 Å². The number of Topliss-reactive ketones (excluding diaryl/α,β-unsaturated/α-hetero) is 2. The Morgan fingerprint density at radius 3 is 2.21 bits per heavy atom. The third-order valence-corrected chi connectivity index (χ3v) is 8.12. The van der Waals surface area contributed by atoms with Gasteiger partial charge in [-0.2, -0.15) is 0 Å². The minimum absolute atomic E-state index is 0.0253. The molecule has 206 valence electrons. The Morgan fingerprint density at radius 1 is 1.03 bits per heavy atom. The predicted octanol–water partition coefficient (Wildman–Crippen LogP) is 7.00. The largest absolute Gasteiger partial charge is 0.480 e. The first-order chi connectivity index (χ1) is 18.0. The van der Waals surface area contributed by atoms with Gasteiger partial charge in [-0.15, -0.1) is 11.8 Å². The standard InChI is InChI=1S/C31H41NO5S/c1-8-9-10-15-36-30(35)32-18-26(27(19-32)28(34)23-11-13-25(38-7)14-12-23)24-16-20(2)29(21(3)17-24)37-31(5,6)22(4)33/h11-14,16-17,26-27H,8-10,15,18-19H2,1-7H3/t26-,27+/m1/s1. The maximum absolute atomic E-state index is 13.7. The number of ether oxygens (including phenoxy) is 2. The van der Waals surface area contributed by atoms with Crippen LogP contribution in [0, 0.1) is 19.8 Å². The number of carbonyl (C=O) groups excluding carboxylic acids is 3. The second kappa shape index (κ2) is 12.8. The van der Waals surface area contributed by atoms with Crippen LogP contribution in [0.4, 0.5) is 4.79 Å². The fraction of sp³-hybridized carbons (Fsp3) is 0.516. The van der Waals surface area contributed by atoms with Crippen LogP contribution in [-0.2, 0) is 9.53 Å². The molecule has 0 saturated carbocycles. The molecule has 1 heterocycles. The highest BCUT2D eigenvalue weighted by molar-refractivity contribution is 7.98. The summed E-state index contributed by atoms with van der Waals surface area (Å²) in [6.07, 6.45) is 4.53. The maximum Gasteiger partial charge on any atom is 0.409 e. The van der Waals surface area contributed by atoms with E-state index in [-0.39, 0.29) is 23.6 Å². The van der Waals surface area contributed by atoms with Gasteiger partial charge in [0, 0.05) is 35.4 Å². The lowest BCUT2D eigenvalue weighted by atomic mass is 9.82. The number of likely N-dealkylation sites (tertiary alicyclic amines) is 1. The van der Waals surface area contributed by atoms with E-state index in [0.717, 1.165) is 40.8 Å². The SMILES string of the molecule is CCCCCOC(=O)N1C[C@H](C(=O)c2ccc(SC)cc2)[C@@H](c2cc(C)c(OC(C)(C)C(C)=O)c(C)c2)C1. The Balaban J connectivity index is 1.92. The van der Waals surface area contributed by atoms with Crippen molar-refractivity contribution < 1.29 is 23.9 Å². The van der Waals surface area contributed by atoms with E-state index in [2.05, 4.69) is 6.92 Å². The molecule has 0 N–H and O–H groups in total. The minimum atomic E-state index is -0.940. The summed E-state index contributed by atoms with van der Waals surface area (Å²) in [6.45, 7) is 12.2. The zero-order valence-corrected chi connectivity index (χ0v) is 24.6. The van der Waals surface area contributed by atoms with E-state index in [4.69, 9.17) is 9.47 Å². The van der Waals surface area contributed by atoms with E-state index in [1.54, 1.807) is 30.5 Å². The number of carbonyl (C=O) groups is 3. The quantitative estimate of drug-likeness (QED) is 0.174. The first-order valence-corrected chi connectivity index (χ1v) is 14.6. The number of hydrogen-bond donors (Lipinski definition) is 0. The first kappa shape index (κ1) is 29.8. The van der Waals surface area contributed by atoms with E-state index >= 15 is 0 Å². The highest BCUT2D eigenvalue weighted by Crippen LogP contribution is 2.39. The number of thioether (sulfide) groups is 1. The van der Waals surface area contributed by atoms with Crippen molar-refractivity contribution in [3.05, 3.63) is 58.7 Å². The van der Waals surface area contributed by atoms with Crippen molar-refractivity contribution in [1.29, 1.82) is 0 Å². The number of ketones is 2. The van der Waals surface area contributed by atoms with Gasteiger partial charge in [0.1, 0.15) is 5.75 Å². The lowest BCUT2D eigenvalue weighted by Crippen LogP contribution is -2.36. The van der Waals surface area contributed by atoms with Crippen molar-refractivity contribution in [2.75, 3.05) is 26.0 Å². The number of hydrogen-bond acceptors (Lipinski definition) is 6. The highest BCUT2D eigenvalue weighted by Gasteiger charge is 2.41. The van der Waals surface area contributed by atoms with Gasteiger partial charge in [0.2, 0.25) is 0 Å². The summed E-state index contributed by atoms with van der Waals surface area (Å²) in [7, 11) is 0. The monoisotopic (exact) mass is 539 g/mol. The molecule has 0 unspecified atom stereocenters. The van der Waals surface area contributed by atoms with Gasteiger partial charge >= 0.3 is 6.09 Å². The summed E-state index contributed by atoms with van der Waals surface area (Å²) >= 11 is 1.63. The van der Waals surface area contributed by atoms with Crippen molar-refractivity contribution in [1.82, 2.24) is 4.90 Å². The van der Waals surface area contributed by atoms with Crippen LogP contribution in [0.1, 0.15) is 79.9 Å². The lowest BCUT2D eigenvalue weighted by Gasteiger charge is -2.27. The average molecular weight is 540 g/mol. The van der Waals surface area contributed by atoms with Gasteiger partial charge in [-0.25, -0.2) is 4.79 Å². The average Bonchev–Trinajstić information content (AvgIpc) is 3.34. The number of aryl methyl sites for hydroxylation is 2. The topological polar surface area (TPSA) is 72.9 Å². The molecule has 1 amide bonds. The van der Waals surface area contributed by atoms with Gasteiger partial charge in [-0.3, -0.25) is 9.59 Å². The summed E-state index contributed by atoms with van der Waals surface area (Å²) in [4.78, 5) is 41.5. The van der Waals surface area contributed by atoms with E-state index in [9.17, 15) is 14.4 Å². The van der Waals surface area contributed by atoms with Gasteiger partial charge in [0.05, 0.1) is 6.61 Å². The molecule has 2 aromatic rings. The fourth-order valence-electron chi connectivity index (χ4n) is 4.81. The molecule has 0 spiro atoms. The molecular weight excluding hydrogens is 498 g/mol. The Labute approximate surface area is 231 Å². The van der Waals surface area contributed by atoms with Crippen LogP contribution in [0.15, 0.2) is 41.3 Å². The third kappa shape index (κ3) is 6.99. The van der Waals surface area contributed by atoms with Gasteiger partial charge in [-0.1, -0.05) is 44.0 Å². The smallest absolute Gasteiger partial charge is 0.409 e. The van der Waals surface area contributed by atoms with E-state index < -0.39 is 11.5 Å². The van der Waals surface area contributed by atoms with Gasteiger partial charge in [0.15, 0.2) is 17.2 Å². The molecule has 3 rings (SSSR count). The van der Waals surface area contributed by atoms with Crippen molar-refractivity contribution in [2.24, 2.45) is 5.92 Å². The third-order valence-electron chi connectivity index (χ3n) is 7.38. The summed E-state index contributed by atoms with van der Waals surface area (Å²) in [5.74, 6) is 0.0742. The maximum atomic E-state index is 13.7. The van der Waals surface area contributed by atoms with E-state index in [1.165, 1.54) is 6.92 Å². The highest BCUT2D eigenvalue weighted by atomic mass is 32.2. The molecule has 38 heavy (non-hydrogen) atoms. The van der Waals surface area contributed by atoms with Crippen LogP contribution in [0.25, 0.3) is 0 Å². The summed E-state index contributed by atoms with van der Waals surface area (Å²) in [5, 5.41) is 0. The molecular formula is C31H41NO5S. The van der Waals surface area contributed by atoms with Crippen LogP contribution in [0.3, 0.4) is 0 Å². The van der Waals surface area contributed by atoms with Crippen LogP contribution >= 0.6 is 11.8 Å². The molecule has 0 radical (unpaired) electrons. The molecule has 1 aliphatic heterocycles. The molecule has 6 nitrogen and oxygen atoms in total. The number of unbranched alkanes of at least 4 members (excludes halogenated alkanes) is 2. The summed E-state index contributed by atoms with van der Waals surface area (Å²) < 4.78 is 11.7. The molecule has 1 fully saturated rings. The molecule has 1 saturated heterocycles. The number of amides is 1. The zero-order valence-electron chi connectivity index (χ0n) is 23.8. The second-order valence-corrected chi connectivity index (χ2v) is 11.6. The Hall–Kier alpha value is -2.80.